The fourth-order valence-electron chi connectivity index (χ4n) is 1.52. The van der Waals surface area contributed by atoms with Crippen molar-refractivity contribution in [2.75, 3.05) is 0 Å². The number of hydrogen-bond donors (Lipinski definition) is 0. The predicted molar refractivity (Wildman–Crippen MR) is 51.7 cm³/mol. The van der Waals surface area contributed by atoms with Crippen LogP contribution >= 0.6 is 0 Å². The molecule has 0 radical (unpaired) electrons. The van der Waals surface area contributed by atoms with Crippen molar-refractivity contribution >= 4 is 10.8 Å². The zero-order valence-electron chi connectivity index (χ0n) is 7.31. The highest BCUT2D eigenvalue weighted by Crippen LogP contribution is 2.28. The van der Waals surface area contributed by atoms with Crippen LogP contribution in [0.4, 0.5) is 0 Å². The molecule has 0 bridgehead atoms. The van der Waals surface area contributed by atoms with Crippen LogP contribution in [-0.4, -0.2) is 5.16 Å². The fourth-order valence-corrected chi connectivity index (χ4v) is 1.52. The summed E-state index contributed by atoms with van der Waals surface area (Å²) in [5.41, 5.74) is 0.728. The third-order valence-corrected chi connectivity index (χ3v) is 2.18. The lowest BCUT2D eigenvalue weighted by molar-refractivity contribution is 0.419. The molecule has 1 aromatic carbocycles. The average molecular weight is 185 g/mol. The van der Waals surface area contributed by atoms with E-state index in [-0.39, 0.29) is 0 Å². The number of fused-ring (bicyclic) bond motifs is 1. The van der Waals surface area contributed by atoms with Crippen molar-refractivity contribution in [1.29, 1.82) is 0 Å². The van der Waals surface area contributed by atoms with Gasteiger partial charge in [-0.3, -0.25) is 0 Å². The van der Waals surface area contributed by atoms with E-state index in [2.05, 4.69) is 5.16 Å². The Morgan fingerprint density at radius 2 is 2.00 bits per heavy atom. The Kier molecular flexibility index (Phi) is 1.44. The third kappa shape index (κ3) is 0.956. The van der Waals surface area contributed by atoms with E-state index in [0.717, 1.165) is 22.2 Å². The summed E-state index contributed by atoms with van der Waals surface area (Å²) in [6.45, 7) is 0. The summed E-state index contributed by atoms with van der Waals surface area (Å²) in [5.74, 6) is 0.759. The zero-order valence-corrected chi connectivity index (χ0v) is 7.31. The maximum Gasteiger partial charge on any atom is 0.163 e. The highest BCUT2D eigenvalue weighted by Gasteiger charge is 2.09. The Balaban J connectivity index is 2.33. The van der Waals surface area contributed by atoms with Crippen LogP contribution < -0.4 is 0 Å². The van der Waals surface area contributed by atoms with Crippen molar-refractivity contribution in [2.24, 2.45) is 0 Å². The van der Waals surface area contributed by atoms with Gasteiger partial charge in [-0.05, 0) is 0 Å². The van der Waals surface area contributed by atoms with Gasteiger partial charge >= 0.3 is 0 Å². The molecule has 3 aromatic rings. The lowest BCUT2D eigenvalue weighted by Gasteiger charge is -1.89. The lowest BCUT2D eigenvalue weighted by atomic mass is 10.1. The molecule has 2 heterocycles. The molecule has 0 aliphatic heterocycles. The number of furan rings is 1. The van der Waals surface area contributed by atoms with E-state index in [1.165, 1.54) is 6.26 Å². The minimum atomic E-state index is 0.728. The quantitative estimate of drug-likeness (QED) is 0.584. The van der Waals surface area contributed by atoms with E-state index < -0.39 is 0 Å². The highest BCUT2D eigenvalue weighted by atomic mass is 16.5. The van der Waals surface area contributed by atoms with Gasteiger partial charge in [0.05, 0.1) is 6.26 Å². The van der Waals surface area contributed by atoms with Crippen LogP contribution in [0.1, 0.15) is 0 Å². The van der Waals surface area contributed by atoms with Crippen molar-refractivity contribution < 1.29 is 8.94 Å². The molecular weight excluding hydrogens is 178 g/mol. The van der Waals surface area contributed by atoms with E-state index in [1.54, 1.807) is 12.3 Å². The number of rotatable bonds is 1. The Hall–Kier alpha value is -2.03. The molecule has 2 aromatic heterocycles. The van der Waals surface area contributed by atoms with Gasteiger partial charge in [0.1, 0.15) is 12.0 Å². The van der Waals surface area contributed by atoms with Crippen molar-refractivity contribution in [3.8, 4) is 11.5 Å². The van der Waals surface area contributed by atoms with Gasteiger partial charge < -0.3 is 8.94 Å². The number of benzene rings is 1. The summed E-state index contributed by atoms with van der Waals surface area (Å²) in [6, 6.07) is 9.74. The van der Waals surface area contributed by atoms with E-state index in [4.69, 9.17) is 8.94 Å². The first-order valence-electron chi connectivity index (χ1n) is 4.32. The molecule has 0 unspecified atom stereocenters. The molecule has 0 saturated carbocycles. The van der Waals surface area contributed by atoms with Gasteiger partial charge in [-0.1, -0.05) is 29.4 Å². The van der Waals surface area contributed by atoms with Crippen LogP contribution in [0.2, 0.25) is 0 Å². The van der Waals surface area contributed by atoms with Gasteiger partial charge in [0.2, 0.25) is 0 Å². The maximum absolute atomic E-state index is 5.44. The van der Waals surface area contributed by atoms with Crippen LogP contribution in [0.5, 0.6) is 0 Å². The second-order valence-corrected chi connectivity index (χ2v) is 3.04. The first-order chi connectivity index (χ1) is 6.95. The van der Waals surface area contributed by atoms with Crippen molar-refractivity contribution in [3.63, 3.8) is 0 Å². The molecule has 3 nitrogen and oxygen atoms in total. The lowest BCUT2D eigenvalue weighted by Crippen LogP contribution is -1.72. The summed E-state index contributed by atoms with van der Waals surface area (Å²) in [6.07, 6.45) is 3.26. The molecule has 0 N–H and O–H groups in total. The number of nitrogens with zero attached hydrogens (tertiary/aromatic N) is 1. The molecule has 0 spiro atoms. The summed E-state index contributed by atoms with van der Waals surface area (Å²) < 4.78 is 10.2. The van der Waals surface area contributed by atoms with Gasteiger partial charge in [-0.25, -0.2) is 0 Å². The van der Waals surface area contributed by atoms with Crippen LogP contribution in [0, 0.1) is 0 Å². The molecule has 3 rings (SSSR count). The third-order valence-electron chi connectivity index (χ3n) is 2.18. The Labute approximate surface area is 79.9 Å². The number of hydrogen-bond acceptors (Lipinski definition) is 3. The Bertz CT molecular complexity index is 551. The summed E-state index contributed by atoms with van der Waals surface area (Å²) in [4.78, 5) is 0. The molecule has 0 aliphatic carbocycles. The summed E-state index contributed by atoms with van der Waals surface area (Å²) >= 11 is 0. The normalized spacial score (nSPS) is 10.9. The minimum Gasteiger partial charge on any atom is -0.461 e. The van der Waals surface area contributed by atoms with E-state index in [9.17, 15) is 0 Å². The Morgan fingerprint density at radius 1 is 1.07 bits per heavy atom. The second-order valence-electron chi connectivity index (χ2n) is 3.04. The maximum atomic E-state index is 5.44. The Morgan fingerprint density at radius 3 is 2.86 bits per heavy atom. The van der Waals surface area contributed by atoms with Crippen LogP contribution in [0.15, 0.2) is 51.8 Å². The number of aromatic nitrogens is 1. The van der Waals surface area contributed by atoms with Crippen molar-refractivity contribution in [1.82, 2.24) is 5.16 Å². The minimum absolute atomic E-state index is 0.728. The van der Waals surface area contributed by atoms with Crippen molar-refractivity contribution in [3.05, 3.63) is 42.9 Å². The largest absolute Gasteiger partial charge is 0.461 e. The topological polar surface area (TPSA) is 39.2 Å². The predicted octanol–water partition coefficient (Wildman–Crippen LogP) is 3.09. The van der Waals surface area contributed by atoms with E-state index >= 15 is 0 Å². The van der Waals surface area contributed by atoms with Gasteiger partial charge in [0.25, 0.3) is 0 Å². The SMILES string of the molecule is c1ccc2c(-c3ccon3)occ2c1. The van der Waals surface area contributed by atoms with E-state index in [0.29, 0.717) is 0 Å². The fraction of sp³-hybridized carbons (Fsp3) is 0. The molecule has 0 saturated heterocycles. The van der Waals surface area contributed by atoms with Crippen LogP contribution in [0.25, 0.3) is 22.2 Å². The average Bonchev–Trinajstić information content (AvgIpc) is 2.85. The summed E-state index contributed by atoms with van der Waals surface area (Å²) in [7, 11) is 0. The standard InChI is InChI=1S/C11H7NO2/c1-2-4-9-8(3-1)7-13-11(9)10-5-6-14-12-10/h1-7H. The molecule has 14 heavy (non-hydrogen) atoms. The first-order valence-corrected chi connectivity index (χ1v) is 4.32. The van der Waals surface area contributed by atoms with Gasteiger partial charge in [-0.2, -0.15) is 0 Å². The van der Waals surface area contributed by atoms with Crippen LogP contribution in [0.3, 0.4) is 0 Å². The summed E-state index contributed by atoms with van der Waals surface area (Å²) in [5, 5.41) is 5.97. The van der Waals surface area contributed by atoms with Crippen LogP contribution in [-0.2, 0) is 0 Å². The van der Waals surface area contributed by atoms with Crippen molar-refractivity contribution in [2.45, 2.75) is 0 Å². The molecule has 0 aliphatic rings. The second kappa shape index (κ2) is 2.73. The molecule has 0 fully saturated rings. The molecular formula is C11H7NO2. The smallest absolute Gasteiger partial charge is 0.163 e. The highest BCUT2D eigenvalue weighted by molar-refractivity contribution is 5.93. The van der Waals surface area contributed by atoms with Gasteiger partial charge in [0, 0.05) is 16.8 Å². The van der Waals surface area contributed by atoms with E-state index in [1.807, 2.05) is 24.3 Å². The molecule has 0 amide bonds. The monoisotopic (exact) mass is 185 g/mol. The molecule has 0 atom stereocenters. The molecule has 3 heteroatoms. The zero-order chi connectivity index (χ0) is 9.38. The molecule has 68 valence electrons. The van der Waals surface area contributed by atoms with Gasteiger partial charge in [-0.15, -0.1) is 0 Å². The van der Waals surface area contributed by atoms with Gasteiger partial charge in [0.15, 0.2) is 5.76 Å². The first kappa shape index (κ1) is 7.38.